The number of hydrogen-bond donors (Lipinski definition) is 1. The highest BCUT2D eigenvalue weighted by Crippen LogP contribution is 2.33. The second-order valence-corrected chi connectivity index (χ2v) is 9.35. The normalized spacial score (nSPS) is 14.4. The van der Waals surface area contributed by atoms with Crippen LogP contribution < -0.4 is 10.2 Å². The Kier molecular flexibility index (Phi) is 4.07. The van der Waals surface area contributed by atoms with Gasteiger partial charge in [-0.3, -0.25) is 0 Å². The molecule has 1 atom stereocenters. The minimum absolute atomic E-state index is 0.227. The van der Waals surface area contributed by atoms with E-state index in [2.05, 4.69) is 0 Å². The van der Waals surface area contributed by atoms with Gasteiger partial charge in [0.15, 0.2) is 0 Å². The average molecular weight is 281 g/mol. The minimum atomic E-state index is -4.66. The molecule has 2 nitrogen and oxygen atoms in total. The standard InChI is InChI=1S/C11H15F4NOSi/c1-18(2,3)17-7-4-5-8(9(12)6-7)10(16)11(13,14)15/h4-6,10H,16H2,1-3H3/t10-/m0/s1. The number of alkyl halides is 3. The summed E-state index contributed by atoms with van der Waals surface area (Å²) < 4.78 is 56.2. The smallest absolute Gasteiger partial charge is 0.407 e. The lowest BCUT2D eigenvalue weighted by Crippen LogP contribution is -2.30. The number of rotatable bonds is 3. The highest BCUT2D eigenvalue weighted by Gasteiger charge is 2.39. The predicted molar refractivity (Wildman–Crippen MR) is 63.4 cm³/mol. The third-order valence-electron chi connectivity index (χ3n) is 2.08. The molecule has 1 aromatic carbocycles. The van der Waals surface area contributed by atoms with Crippen LogP contribution in [0.2, 0.25) is 19.6 Å². The van der Waals surface area contributed by atoms with Gasteiger partial charge in [-0.15, -0.1) is 0 Å². The van der Waals surface area contributed by atoms with E-state index in [0.717, 1.165) is 12.1 Å². The summed E-state index contributed by atoms with van der Waals surface area (Å²) >= 11 is 0. The van der Waals surface area contributed by atoms with Gasteiger partial charge in [-0.2, -0.15) is 13.2 Å². The van der Waals surface area contributed by atoms with Gasteiger partial charge in [-0.25, -0.2) is 4.39 Å². The van der Waals surface area contributed by atoms with Crippen molar-refractivity contribution < 1.29 is 22.0 Å². The fourth-order valence-corrected chi connectivity index (χ4v) is 2.19. The number of halogens is 4. The molecule has 0 heterocycles. The van der Waals surface area contributed by atoms with Crippen molar-refractivity contribution in [1.82, 2.24) is 0 Å². The predicted octanol–water partition coefficient (Wildman–Crippen LogP) is 3.60. The van der Waals surface area contributed by atoms with Crippen LogP contribution in [0.3, 0.4) is 0 Å². The lowest BCUT2D eigenvalue weighted by molar-refractivity contribution is -0.149. The Labute approximate surface area is 104 Å². The van der Waals surface area contributed by atoms with Gasteiger partial charge in [-0.05, 0) is 25.7 Å². The van der Waals surface area contributed by atoms with E-state index in [1.54, 1.807) is 0 Å². The van der Waals surface area contributed by atoms with Gasteiger partial charge >= 0.3 is 6.18 Å². The second kappa shape index (κ2) is 4.89. The first-order valence-corrected chi connectivity index (χ1v) is 8.72. The van der Waals surface area contributed by atoms with Crippen molar-refractivity contribution in [3.8, 4) is 5.75 Å². The van der Waals surface area contributed by atoms with Crippen molar-refractivity contribution in [3.63, 3.8) is 0 Å². The second-order valence-electron chi connectivity index (χ2n) is 4.92. The van der Waals surface area contributed by atoms with Gasteiger partial charge in [0.25, 0.3) is 0 Å². The van der Waals surface area contributed by atoms with E-state index in [9.17, 15) is 17.6 Å². The molecule has 0 radical (unpaired) electrons. The Bertz CT molecular complexity index is 428. The zero-order chi connectivity index (χ0) is 14.1. The van der Waals surface area contributed by atoms with Crippen molar-refractivity contribution in [2.75, 3.05) is 0 Å². The van der Waals surface area contributed by atoms with Crippen LogP contribution in [0.15, 0.2) is 18.2 Å². The van der Waals surface area contributed by atoms with Gasteiger partial charge in [0.05, 0.1) is 0 Å². The zero-order valence-electron chi connectivity index (χ0n) is 10.3. The SMILES string of the molecule is C[Si](C)(C)Oc1ccc([C@H](N)C(F)(F)F)c(F)c1. The molecule has 102 valence electrons. The Balaban J connectivity index is 3.00. The largest absolute Gasteiger partial charge is 0.544 e. The molecule has 18 heavy (non-hydrogen) atoms. The molecule has 0 saturated heterocycles. The molecule has 0 aliphatic carbocycles. The monoisotopic (exact) mass is 281 g/mol. The molecule has 0 amide bonds. The summed E-state index contributed by atoms with van der Waals surface area (Å²) in [5, 5.41) is 0. The van der Waals surface area contributed by atoms with E-state index in [4.69, 9.17) is 10.2 Å². The van der Waals surface area contributed by atoms with Gasteiger partial charge < -0.3 is 10.2 Å². The molecular formula is C11H15F4NOSi. The highest BCUT2D eigenvalue weighted by molar-refractivity contribution is 6.70. The van der Waals surface area contributed by atoms with E-state index in [0.29, 0.717) is 0 Å². The molecule has 7 heteroatoms. The van der Waals surface area contributed by atoms with Crippen molar-refractivity contribution in [2.45, 2.75) is 31.9 Å². The number of nitrogens with two attached hydrogens (primary N) is 1. The van der Waals surface area contributed by atoms with Crippen LogP contribution in [0.4, 0.5) is 17.6 Å². The maximum atomic E-state index is 13.6. The van der Waals surface area contributed by atoms with E-state index in [1.165, 1.54) is 6.07 Å². The third kappa shape index (κ3) is 3.99. The number of hydrogen-bond acceptors (Lipinski definition) is 2. The topological polar surface area (TPSA) is 35.2 Å². The Hall–Kier alpha value is -1.08. The molecule has 0 fully saturated rings. The first-order chi connectivity index (χ1) is 8.00. The van der Waals surface area contributed by atoms with Crippen LogP contribution in [0, 0.1) is 5.82 Å². The number of benzene rings is 1. The van der Waals surface area contributed by atoms with Crippen LogP contribution in [0.25, 0.3) is 0 Å². The summed E-state index contributed by atoms with van der Waals surface area (Å²) in [5.74, 6) is -0.777. The van der Waals surface area contributed by atoms with Crippen LogP contribution in [0.5, 0.6) is 5.75 Å². The quantitative estimate of drug-likeness (QED) is 0.678. The summed E-state index contributed by atoms with van der Waals surface area (Å²) in [4.78, 5) is 0. The zero-order valence-corrected chi connectivity index (χ0v) is 11.3. The van der Waals surface area contributed by atoms with Gasteiger partial charge in [-0.1, -0.05) is 6.07 Å². The van der Waals surface area contributed by atoms with Crippen LogP contribution >= 0.6 is 0 Å². The fraction of sp³-hybridized carbons (Fsp3) is 0.455. The maximum Gasteiger partial charge on any atom is 0.407 e. The van der Waals surface area contributed by atoms with Gasteiger partial charge in [0.2, 0.25) is 8.32 Å². The van der Waals surface area contributed by atoms with Crippen LogP contribution in [-0.2, 0) is 0 Å². The molecule has 0 aliphatic heterocycles. The molecule has 0 unspecified atom stereocenters. The van der Waals surface area contributed by atoms with Crippen molar-refractivity contribution in [2.24, 2.45) is 5.73 Å². The summed E-state index contributed by atoms with van der Waals surface area (Å²) in [6, 6.07) is 0.947. The Morgan fingerprint density at radius 3 is 2.17 bits per heavy atom. The summed E-state index contributed by atoms with van der Waals surface area (Å²) in [6.45, 7) is 5.67. The summed E-state index contributed by atoms with van der Waals surface area (Å²) in [5.41, 5.74) is 4.37. The fourth-order valence-electron chi connectivity index (χ4n) is 1.35. The van der Waals surface area contributed by atoms with Gasteiger partial charge in [0.1, 0.15) is 17.6 Å². The highest BCUT2D eigenvalue weighted by atomic mass is 28.4. The maximum absolute atomic E-state index is 13.6. The Morgan fingerprint density at radius 1 is 1.22 bits per heavy atom. The van der Waals surface area contributed by atoms with Crippen molar-refractivity contribution in [1.29, 1.82) is 0 Å². The molecule has 0 aliphatic rings. The lowest BCUT2D eigenvalue weighted by atomic mass is 10.1. The average Bonchev–Trinajstić information content (AvgIpc) is 2.12. The van der Waals surface area contributed by atoms with Crippen LogP contribution in [-0.4, -0.2) is 14.5 Å². The van der Waals surface area contributed by atoms with E-state index in [1.807, 2.05) is 19.6 Å². The molecule has 2 N–H and O–H groups in total. The molecule has 0 aromatic heterocycles. The minimum Gasteiger partial charge on any atom is -0.544 e. The third-order valence-corrected chi connectivity index (χ3v) is 2.93. The molecule has 0 spiro atoms. The molecule has 0 bridgehead atoms. The molecule has 0 saturated carbocycles. The van der Waals surface area contributed by atoms with Gasteiger partial charge in [0, 0.05) is 11.6 Å². The molecular weight excluding hydrogens is 266 g/mol. The van der Waals surface area contributed by atoms with E-state index in [-0.39, 0.29) is 5.75 Å². The first kappa shape index (κ1) is 15.0. The van der Waals surface area contributed by atoms with Crippen LogP contribution in [0.1, 0.15) is 11.6 Å². The lowest BCUT2D eigenvalue weighted by Gasteiger charge is -2.21. The Morgan fingerprint density at radius 2 is 1.78 bits per heavy atom. The van der Waals surface area contributed by atoms with E-state index >= 15 is 0 Å². The molecule has 1 aromatic rings. The summed E-state index contributed by atoms with van der Waals surface area (Å²) in [7, 11) is -1.92. The van der Waals surface area contributed by atoms with Crippen molar-refractivity contribution in [3.05, 3.63) is 29.6 Å². The first-order valence-electron chi connectivity index (χ1n) is 5.31. The molecule has 1 rings (SSSR count). The van der Waals surface area contributed by atoms with Crippen molar-refractivity contribution >= 4 is 8.32 Å². The summed E-state index contributed by atoms with van der Waals surface area (Å²) in [6.07, 6.45) is -4.66. The van der Waals surface area contributed by atoms with E-state index < -0.39 is 31.9 Å².